The fraction of sp³-hybridized carbons (Fsp3) is 0.167. The second-order valence-electron chi connectivity index (χ2n) is 4.08. The number of aryl methyl sites for hydroxylation is 1. The number of hydrogen-bond donors (Lipinski definition) is 2. The molecule has 0 fully saturated rings. The normalized spacial score (nSPS) is 11.4. The predicted molar refractivity (Wildman–Crippen MR) is 74.3 cm³/mol. The summed E-state index contributed by atoms with van der Waals surface area (Å²) in [5.74, 6) is -1.14. The van der Waals surface area contributed by atoms with Crippen molar-refractivity contribution in [2.24, 2.45) is 0 Å². The van der Waals surface area contributed by atoms with E-state index >= 15 is 0 Å². The van der Waals surface area contributed by atoms with E-state index in [0.717, 1.165) is 28.7 Å². The number of aromatic nitrogens is 1. The molecule has 20 heavy (non-hydrogen) atoms. The maximum absolute atomic E-state index is 12.0. The average molecular weight is 312 g/mol. The van der Waals surface area contributed by atoms with Crippen molar-refractivity contribution in [1.82, 2.24) is 9.71 Å². The maximum atomic E-state index is 12.0. The summed E-state index contributed by atoms with van der Waals surface area (Å²) in [7, 11) is -3.71. The van der Waals surface area contributed by atoms with Crippen LogP contribution in [0.15, 0.2) is 34.7 Å². The van der Waals surface area contributed by atoms with Gasteiger partial charge in [-0.05, 0) is 24.6 Å². The lowest BCUT2D eigenvalue weighted by Gasteiger charge is -2.05. The second-order valence-corrected chi connectivity index (χ2v) is 6.76. The van der Waals surface area contributed by atoms with Crippen LogP contribution in [0.25, 0.3) is 0 Å². The smallest absolute Gasteiger partial charge is 0.345 e. The predicted octanol–water partition coefficient (Wildman–Crippen LogP) is 1.63. The van der Waals surface area contributed by atoms with E-state index in [0.29, 0.717) is 0 Å². The lowest BCUT2D eigenvalue weighted by atomic mass is 10.2. The Morgan fingerprint density at radius 1 is 1.45 bits per heavy atom. The molecule has 8 heteroatoms. The van der Waals surface area contributed by atoms with Gasteiger partial charge in [-0.1, -0.05) is 6.07 Å². The zero-order valence-corrected chi connectivity index (χ0v) is 12.2. The molecule has 2 aromatic heterocycles. The van der Waals surface area contributed by atoms with Gasteiger partial charge >= 0.3 is 5.97 Å². The molecule has 0 aliphatic carbocycles. The molecule has 2 aromatic rings. The number of nitrogens with zero attached hydrogens (tertiary/aromatic N) is 1. The first-order valence-corrected chi connectivity index (χ1v) is 7.98. The lowest BCUT2D eigenvalue weighted by Crippen LogP contribution is -2.22. The van der Waals surface area contributed by atoms with E-state index in [4.69, 9.17) is 5.11 Å². The lowest BCUT2D eigenvalue weighted by molar-refractivity contribution is 0.0702. The van der Waals surface area contributed by atoms with E-state index in [1.807, 2.05) is 6.92 Å². The Morgan fingerprint density at radius 2 is 2.20 bits per heavy atom. The molecule has 2 rings (SSSR count). The Labute approximate surface area is 120 Å². The number of carboxylic acids is 1. The highest BCUT2D eigenvalue weighted by molar-refractivity contribution is 7.89. The molecule has 0 aromatic carbocycles. The van der Waals surface area contributed by atoms with E-state index in [1.54, 1.807) is 18.3 Å². The highest BCUT2D eigenvalue weighted by Crippen LogP contribution is 2.19. The number of rotatable bonds is 5. The second kappa shape index (κ2) is 5.70. The summed E-state index contributed by atoms with van der Waals surface area (Å²) in [5.41, 5.74) is 1.58. The Hall–Kier alpha value is -1.77. The topological polar surface area (TPSA) is 96.4 Å². The largest absolute Gasteiger partial charge is 0.477 e. The first-order chi connectivity index (χ1) is 9.38. The molecule has 0 bridgehead atoms. The van der Waals surface area contributed by atoms with Gasteiger partial charge in [0.15, 0.2) is 0 Å². The first kappa shape index (κ1) is 14.6. The van der Waals surface area contributed by atoms with Gasteiger partial charge in [0.25, 0.3) is 0 Å². The van der Waals surface area contributed by atoms with Crippen molar-refractivity contribution in [1.29, 1.82) is 0 Å². The molecular weight excluding hydrogens is 300 g/mol. The summed E-state index contributed by atoms with van der Waals surface area (Å²) in [5, 5.41) is 10.1. The minimum atomic E-state index is -3.71. The summed E-state index contributed by atoms with van der Waals surface area (Å²) < 4.78 is 26.4. The van der Waals surface area contributed by atoms with Crippen LogP contribution in [-0.2, 0) is 16.6 Å². The van der Waals surface area contributed by atoms with Crippen molar-refractivity contribution in [2.45, 2.75) is 18.4 Å². The van der Waals surface area contributed by atoms with Crippen molar-refractivity contribution in [2.75, 3.05) is 0 Å². The number of hydrogen-bond acceptors (Lipinski definition) is 5. The summed E-state index contributed by atoms with van der Waals surface area (Å²) in [6.45, 7) is 1.95. The van der Waals surface area contributed by atoms with Gasteiger partial charge < -0.3 is 5.11 Å². The fourth-order valence-electron chi connectivity index (χ4n) is 1.44. The van der Waals surface area contributed by atoms with Gasteiger partial charge in [0.1, 0.15) is 4.88 Å². The summed E-state index contributed by atoms with van der Waals surface area (Å²) in [4.78, 5) is 14.8. The third-order valence-electron chi connectivity index (χ3n) is 2.54. The van der Waals surface area contributed by atoms with Gasteiger partial charge in [-0.2, -0.15) is 0 Å². The number of carboxylic acid groups (broad SMARTS) is 1. The van der Waals surface area contributed by atoms with Gasteiger partial charge in [-0.15, -0.1) is 11.3 Å². The van der Waals surface area contributed by atoms with Crippen LogP contribution < -0.4 is 4.72 Å². The molecule has 0 aliphatic rings. The molecule has 0 saturated heterocycles. The quantitative estimate of drug-likeness (QED) is 0.874. The van der Waals surface area contributed by atoms with Gasteiger partial charge in [-0.25, -0.2) is 17.9 Å². The summed E-state index contributed by atoms with van der Waals surface area (Å²) in [6.07, 6.45) is 1.59. The van der Waals surface area contributed by atoms with Crippen molar-refractivity contribution in [3.63, 3.8) is 0 Å². The van der Waals surface area contributed by atoms with Gasteiger partial charge in [0, 0.05) is 23.8 Å². The van der Waals surface area contributed by atoms with E-state index in [9.17, 15) is 13.2 Å². The van der Waals surface area contributed by atoms with Crippen LogP contribution in [0.2, 0.25) is 0 Å². The highest BCUT2D eigenvalue weighted by atomic mass is 32.2. The van der Waals surface area contributed by atoms with Crippen molar-refractivity contribution in [3.05, 3.63) is 45.9 Å². The molecule has 106 valence electrons. The fourth-order valence-corrected chi connectivity index (χ4v) is 3.57. The number of aromatic carboxylic acids is 1. The molecule has 0 unspecified atom stereocenters. The number of pyridine rings is 1. The molecule has 0 spiro atoms. The van der Waals surface area contributed by atoms with Crippen LogP contribution in [0.4, 0.5) is 0 Å². The van der Waals surface area contributed by atoms with Gasteiger partial charge in [0.05, 0.1) is 4.90 Å². The van der Waals surface area contributed by atoms with Gasteiger partial charge in [0.2, 0.25) is 10.0 Å². The molecule has 0 saturated carbocycles. The zero-order chi connectivity index (χ0) is 14.8. The van der Waals surface area contributed by atoms with E-state index < -0.39 is 16.0 Å². The Morgan fingerprint density at radius 3 is 2.75 bits per heavy atom. The average Bonchev–Trinajstić information content (AvgIpc) is 2.89. The van der Waals surface area contributed by atoms with Crippen LogP contribution in [0.1, 0.15) is 20.9 Å². The van der Waals surface area contributed by atoms with Crippen LogP contribution in [0, 0.1) is 6.92 Å². The molecule has 6 nitrogen and oxygen atoms in total. The minimum absolute atomic E-state index is 0.0117. The molecule has 0 amide bonds. The SMILES string of the molecule is Cc1ccc(CNS(=O)(=O)c2csc(C(=O)O)c2)cn1. The molecule has 2 N–H and O–H groups in total. The van der Waals surface area contributed by atoms with Crippen molar-refractivity contribution in [3.8, 4) is 0 Å². The van der Waals surface area contributed by atoms with Crippen LogP contribution >= 0.6 is 11.3 Å². The number of thiophene rings is 1. The van der Waals surface area contributed by atoms with Crippen LogP contribution in [-0.4, -0.2) is 24.5 Å². The Kier molecular flexibility index (Phi) is 4.17. The first-order valence-electron chi connectivity index (χ1n) is 5.61. The molecule has 2 heterocycles. The standard InChI is InChI=1S/C12H12N2O4S2/c1-8-2-3-9(5-13-8)6-14-20(17,18)10-4-11(12(15)16)19-7-10/h2-5,7,14H,6H2,1H3,(H,15,16). The van der Waals surface area contributed by atoms with E-state index in [2.05, 4.69) is 9.71 Å². The highest BCUT2D eigenvalue weighted by Gasteiger charge is 2.18. The van der Waals surface area contributed by atoms with Gasteiger partial charge in [-0.3, -0.25) is 4.98 Å². The number of sulfonamides is 1. The third-order valence-corrected chi connectivity index (χ3v) is 4.98. The van der Waals surface area contributed by atoms with Crippen LogP contribution in [0.5, 0.6) is 0 Å². The monoisotopic (exact) mass is 312 g/mol. The molecule has 0 atom stereocenters. The van der Waals surface area contributed by atoms with E-state index in [-0.39, 0.29) is 16.3 Å². The summed E-state index contributed by atoms with van der Waals surface area (Å²) in [6, 6.07) is 4.71. The third kappa shape index (κ3) is 3.41. The number of carbonyl (C=O) groups is 1. The van der Waals surface area contributed by atoms with E-state index in [1.165, 1.54) is 5.38 Å². The van der Waals surface area contributed by atoms with Crippen molar-refractivity contribution >= 4 is 27.3 Å². The minimum Gasteiger partial charge on any atom is -0.477 e. The zero-order valence-electron chi connectivity index (χ0n) is 10.5. The maximum Gasteiger partial charge on any atom is 0.345 e. The summed E-state index contributed by atoms with van der Waals surface area (Å²) >= 11 is 0.877. The molecule has 0 radical (unpaired) electrons. The van der Waals surface area contributed by atoms with Crippen LogP contribution in [0.3, 0.4) is 0 Å². The molecular formula is C12H12N2O4S2. The van der Waals surface area contributed by atoms with Crippen molar-refractivity contribution < 1.29 is 18.3 Å². The molecule has 0 aliphatic heterocycles. The Balaban J connectivity index is 2.10. The Bertz CT molecular complexity index is 720. The number of nitrogens with one attached hydrogen (secondary N) is 1.